The lowest BCUT2D eigenvalue weighted by Gasteiger charge is -2.40. The van der Waals surface area contributed by atoms with E-state index in [9.17, 15) is 36.4 Å². The van der Waals surface area contributed by atoms with Crippen LogP contribution in [-0.2, 0) is 53.0 Å². The summed E-state index contributed by atoms with van der Waals surface area (Å²) in [6.45, 7) is 4.36. The van der Waals surface area contributed by atoms with Gasteiger partial charge in [-0.05, 0) is 39.0 Å². The second-order valence-corrected chi connectivity index (χ2v) is 11.2. The number of alkyl halides is 2. The van der Waals surface area contributed by atoms with E-state index in [4.69, 9.17) is 23.5 Å². The Morgan fingerprint density at radius 3 is 2.26 bits per heavy atom. The predicted octanol–water partition coefficient (Wildman–Crippen LogP) is 2.08. The van der Waals surface area contributed by atoms with Crippen LogP contribution in [0.15, 0.2) is 0 Å². The summed E-state index contributed by atoms with van der Waals surface area (Å²) in [6.07, 6.45) is -3.18. The summed E-state index contributed by atoms with van der Waals surface area (Å²) in [6, 6.07) is 0. The summed E-state index contributed by atoms with van der Waals surface area (Å²) in [4.78, 5) is 48.9. The summed E-state index contributed by atoms with van der Waals surface area (Å²) >= 11 is 0. The highest BCUT2D eigenvalue weighted by atomic mass is 32.2. The van der Waals surface area contributed by atoms with E-state index in [1.165, 1.54) is 0 Å². The lowest BCUT2D eigenvalue weighted by Crippen LogP contribution is -2.47. The fourth-order valence-electron chi connectivity index (χ4n) is 5.20. The van der Waals surface area contributed by atoms with Crippen LogP contribution in [0, 0.1) is 5.92 Å². The van der Waals surface area contributed by atoms with E-state index in [-0.39, 0.29) is 24.5 Å². The molecular weight excluding hydrogens is 538 g/mol. The molecule has 0 aliphatic carbocycles. The fraction of sp³-hybridized carbons (Fsp3) is 0.826. The van der Waals surface area contributed by atoms with Crippen LogP contribution in [0.2, 0.25) is 0 Å². The molecule has 0 aromatic heterocycles. The summed E-state index contributed by atoms with van der Waals surface area (Å²) in [7, 11) is -5.83. The number of cyclic esters (lactones) is 1. The van der Waals surface area contributed by atoms with Crippen LogP contribution in [0.1, 0.15) is 72.1 Å². The maximum absolute atomic E-state index is 13.5. The van der Waals surface area contributed by atoms with E-state index in [1.54, 1.807) is 0 Å². The zero-order valence-electron chi connectivity index (χ0n) is 21.2. The minimum atomic E-state index is -5.83. The van der Waals surface area contributed by atoms with Gasteiger partial charge in [0.15, 0.2) is 6.10 Å². The van der Waals surface area contributed by atoms with Gasteiger partial charge < -0.3 is 23.7 Å². The first-order chi connectivity index (χ1) is 17.6. The van der Waals surface area contributed by atoms with Crippen molar-refractivity contribution in [3.8, 4) is 0 Å². The smallest absolute Gasteiger partial charge is 0.405 e. The van der Waals surface area contributed by atoms with E-state index < -0.39 is 76.0 Å². The Morgan fingerprint density at radius 2 is 1.74 bits per heavy atom. The van der Waals surface area contributed by atoms with Gasteiger partial charge in [0, 0.05) is 12.3 Å². The van der Waals surface area contributed by atoms with Crippen LogP contribution < -0.4 is 0 Å². The summed E-state index contributed by atoms with van der Waals surface area (Å²) in [5, 5.41) is -4.75. The number of halogens is 2. The van der Waals surface area contributed by atoms with Gasteiger partial charge in [0.25, 0.3) is 0 Å². The van der Waals surface area contributed by atoms with Crippen molar-refractivity contribution in [1.82, 2.24) is 0 Å². The van der Waals surface area contributed by atoms with Gasteiger partial charge in [-0.25, -0.2) is 9.59 Å². The number of fused-ring (bicyclic) bond motifs is 2. The number of rotatable bonds is 12. The Kier molecular flexibility index (Phi) is 9.03. The average molecular weight is 571 g/mol. The molecule has 0 amide bonds. The zero-order valence-corrected chi connectivity index (χ0v) is 22.0. The molecule has 3 aliphatic heterocycles. The molecule has 1 N–H and O–H groups in total. The maximum Gasteiger partial charge on any atom is 0.405 e. The quantitative estimate of drug-likeness (QED) is 0.206. The van der Waals surface area contributed by atoms with E-state index in [1.807, 2.05) is 13.8 Å². The number of carbonyl (C=O) groups is 4. The number of ether oxygens (including phenoxy) is 5. The van der Waals surface area contributed by atoms with Gasteiger partial charge >= 0.3 is 39.2 Å². The van der Waals surface area contributed by atoms with Crippen LogP contribution >= 0.6 is 0 Å². The minimum absolute atomic E-state index is 0.00137. The third-order valence-corrected chi connectivity index (χ3v) is 8.45. The van der Waals surface area contributed by atoms with Crippen LogP contribution in [-0.4, -0.2) is 78.2 Å². The van der Waals surface area contributed by atoms with Gasteiger partial charge in [-0.2, -0.15) is 17.2 Å². The summed E-state index contributed by atoms with van der Waals surface area (Å²) in [5.41, 5.74) is -0.790. The molecular formula is C23H32F2O12S. The topological polar surface area (TPSA) is 169 Å². The van der Waals surface area contributed by atoms with Crippen molar-refractivity contribution in [1.29, 1.82) is 0 Å². The standard InChI is InChI=1S/C23H32F2O12S/c1-4-22(5-2,14-10-13-6-7-15(14)34-13)37-21(29)17-11-16(20(28)36-17)35-19(27)9-8-18(26)33-12(3)23(24,25)38(30,31)32/h12-17H,4-11H2,1-3H3,(H,30,31,32). The van der Waals surface area contributed by atoms with E-state index in [0.29, 0.717) is 19.8 Å². The highest BCUT2D eigenvalue weighted by Gasteiger charge is 2.54. The number of esters is 4. The molecule has 0 spiro atoms. The van der Waals surface area contributed by atoms with E-state index in [0.717, 1.165) is 19.3 Å². The Labute approximate surface area is 218 Å². The summed E-state index contributed by atoms with van der Waals surface area (Å²) < 4.78 is 83.0. The minimum Gasteiger partial charge on any atom is -0.456 e. The highest BCUT2D eigenvalue weighted by Crippen LogP contribution is 2.48. The monoisotopic (exact) mass is 570 g/mol. The predicted molar refractivity (Wildman–Crippen MR) is 121 cm³/mol. The van der Waals surface area contributed by atoms with E-state index >= 15 is 0 Å². The zero-order chi connectivity index (χ0) is 28.5. The van der Waals surface area contributed by atoms with Gasteiger partial charge in [-0.3, -0.25) is 14.1 Å². The molecule has 0 radical (unpaired) electrons. The molecule has 3 fully saturated rings. The van der Waals surface area contributed by atoms with Gasteiger partial charge in [-0.15, -0.1) is 0 Å². The van der Waals surface area contributed by atoms with Gasteiger partial charge in [0.2, 0.25) is 12.2 Å². The molecule has 3 aliphatic rings. The number of hydrogen-bond acceptors (Lipinski definition) is 11. The molecule has 0 aromatic rings. The number of hydrogen-bond donors (Lipinski definition) is 1. The SMILES string of the molecule is CCC(CC)(OC(=O)C1CC(OC(=O)CCC(=O)OC(C)C(F)(F)S(=O)(=O)O)C(=O)O1)C1CC2CCC1O2. The third kappa shape index (κ3) is 6.25. The molecule has 3 heterocycles. The first kappa shape index (κ1) is 30.2. The van der Waals surface area contributed by atoms with Crippen LogP contribution in [0.3, 0.4) is 0 Å². The van der Waals surface area contributed by atoms with Gasteiger partial charge in [0.1, 0.15) is 5.60 Å². The molecule has 3 rings (SSSR count). The van der Waals surface area contributed by atoms with Crippen molar-refractivity contribution >= 4 is 34.0 Å². The van der Waals surface area contributed by atoms with Crippen LogP contribution in [0.4, 0.5) is 8.78 Å². The molecule has 216 valence electrons. The molecule has 0 saturated carbocycles. The van der Waals surface area contributed by atoms with Crippen molar-refractivity contribution in [2.75, 3.05) is 0 Å². The highest BCUT2D eigenvalue weighted by molar-refractivity contribution is 7.86. The van der Waals surface area contributed by atoms with E-state index in [2.05, 4.69) is 4.74 Å². The van der Waals surface area contributed by atoms with Crippen molar-refractivity contribution in [3.05, 3.63) is 0 Å². The van der Waals surface area contributed by atoms with Crippen LogP contribution in [0.5, 0.6) is 0 Å². The lowest BCUT2D eigenvalue weighted by molar-refractivity contribution is -0.183. The Bertz CT molecular complexity index is 1040. The lowest BCUT2D eigenvalue weighted by atomic mass is 9.74. The second-order valence-electron chi connectivity index (χ2n) is 9.72. The average Bonchev–Trinajstić information content (AvgIpc) is 3.57. The molecule has 15 heteroatoms. The molecule has 0 aromatic carbocycles. The first-order valence-electron chi connectivity index (χ1n) is 12.5. The summed E-state index contributed by atoms with van der Waals surface area (Å²) in [5.74, 6) is -4.17. The molecule has 3 saturated heterocycles. The Balaban J connectivity index is 1.49. The first-order valence-corrected chi connectivity index (χ1v) is 13.9. The van der Waals surface area contributed by atoms with Crippen molar-refractivity contribution < 1.29 is 64.6 Å². The molecule has 12 nitrogen and oxygen atoms in total. The largest absolute Gasteiger partial charge is 0.456 e. The van der Waals surface area contributed by atoms with Crippen LogP contribution in [0.25, 0.3) is 0 Å². The Morgan fingerprint density at radius 1 is 1.11 bits per heavy atom. The van der Waals surface area contributed by atoms with Crippen molar-refractivity contribution in [2.45, 2.75) is 114 Å². The third-order valence-electron chi connectivity index (χ3n) is 7.43. The Hall–Kier alpha value is -2.39. The normalized spacial score (nSPS) is 28.1. The molecule has 38 heavy (non-hydrogen) atoms. The second kappa shape index (κ2) is 11.4. The molecule has 2 bridgehead atoms. The molecule has 6 unspecified atom stereocenters. The molecule has 6 atom stereocenters. The van der Waals surface area contributed by atoms with Gasteiger partial charge in [0.05, 0.1) is 25.0 Å². The van der Waals surface area contributed by atoms with Gasteiger partial charge in [-0.1, -0.05) is 13.8 Å². The van der Waals surface area contributed by atoms with Crippen molar-refractivity contribution in [2.24, 2.45) is 5.92 Å². The fourth-order valence-corrected chi connectivity index (χ4v) is 5.67. The maximum atomic E-state index is 13.5. The van der Waals surface area contributed by atoms with Crippen molar-refractivity contribution in [3.63, 3.8) is 0 Å². The number of carbonyl (C=O) groups excluding carboxylic acids is 4.